The summed E-state index contributed by atoms with van der Waals surface area (Å²) in [5.41, 5.74) is -0.307. The second kappa shape index (κ2) is 6.13. The van der Waals surface area contributed by atoms with E-state index in [1.807, 2.05) is 0 Å². The molecule has 1 rings (SSSR count). The predicted octanol–water partition coefficient (Wildman–Crippen LogP) is 0.964. The van der Waals surface area contributed by atoms with Crippen LogP contribution < -0.4 is 4.72 Å². The highest BCUT2D eigenvalue weighted by atomic mass is 32.2. The Labute approximate surface area is 123 Å². The first-order chi connectivity index (χ1) is 9.58. The first kappa shape index (κ1) is 17.0. The van der Waals surface area contributed by atoms with Gasteiger partial charge in [-0.15, -0.1) is 0 Å². The van der Waals surface area contributed by atoms with Crippen LogP contribution in [0.25, 0.3) is 0 Å². The summed E-state index contributed by atoms with van der Waals surface area (Å²) in [4.78, 5) is 22.1. The lowest BCUT2D eigenvalue weighted by atomic mass is 9.85. The van der Waals surface area contributed by atoms with Crippen LogP contribution in [0.2, 0.25) is 0 Å². The number of carboxylic acids is 1. The van der Waals surface area contributed by atoms with E-state index in [-0.39, 0.29) is 5.69 Å². The molecule has 0 fully saturated rings. The largest absolute Gasteiger partial charge is 0.481 e. The highest BCUT2D eigenvalue weighted by Crippen LogP contribution is 2.25. The van der Waals surface area contributed by atoms with E-state index in [9.17, 15) is 18.0 Å². The molecule has 0 unspecified atom stereocenters. The van der Waals surface area contributed by atoms with Crippen LogP contribution in [0.1, 0.15) is 19.4 Å². The molecule has 0 aliphatic heterocycles. The van der Waals surface area contributed by atoms with Crippen LogP contribution in [0.15, 0.2) is 24.3 Å². The van der Waals surface area contributed by atoms with Crippen molar-refractivity contribution in [1.82, 2.24) is 0 Å². The number of benzene rings is 1. The highest BCUT2D eigenvalue weighted by molar-refractivity contribution is 7.93. The van der Waals surface area contributed by atoms with E-state index in [0.717, 1.165) is 7.11 Å². The van der Waals surface area contributed by atoms with E-state index >= 15 is 0 Å². The summed E-state index contributed by atoms with van der Waals surface area (Å²) in [6.45, 7) is 3.09. The molecule has 7 nitrogen and oxygen atoms in total. The molecule has 0 saturated carbocycles. The third-order valence-electron chi connectivity index (χ3n) is 2.95. The fourth-order valence-electron chi connectivity index (χ4n) is 1.51. The van der Waals surface area contributed by atoms with Crippen LogP contribution in [0.4, 0.5) is 5.69 Å². The van der Waals surface area contributed by atoms with Crippen LogP contribution >= 0.6 is 0 Å². The van der Waals surface area contributed by atoms with Gasteiger partial charge in [0.15, 0.2) is 5.75 Å². The fraction of sp³-hybridized carbons (Fsp3) is 0.385. The average Bonchev–Trinajstić information content (AvgIpc) is 2.37. The van der Waals surface area contributed by atoms with Gasteiger partial charge in [-0.25, -0.2) is 8.42 Å². The monoisotopic (exact) mass is 315 g/mol. The third-order valence-corrected chi connectivity index (χ3v) is 4.11. The molecule has 0 aromatic heterocycles. The number of carbonyl (C=O) groups is 2. The average molecular weight is 315 g/mol. The van der Waals surface area contributed by atoms with Crippen molar-refractivity contribution in [3.8, 4) is 0 Å². The zero-order valence-electron chi connectivity index (χ0n) is 11.9. The maximum absolute atomic E-state index is 11.7. The van der Waals surface area contributed by atoms with Crippen molar-refractivity contribution < 1.29 is 27.9 Å². The molecule has 0 amide bonds. The van der Waals surface area contributed by atoms with E-state index in [4.69, 9.17) is 5.11 Å². The van der Waals surface area contributed by atoms with Gasteiger partial charge in [0.05, 0.1) is 12.5 Å². The van der Waals surface area contributed by atoms with Gasteiger partial charge >= 0.3 is 11.9 Å². The molecule has 0 radical (unpaired) electrons. The Balaban J connectivity index is 2.89. The Morgan fingerprint density at radius 1 is 1.24 bits per heavy atom. The molecular formula is C13H17NO6S. The van der Waals surface area contributed by atoms with Crippen LogP contribution in [-0.4, -0.2) is 38.3 Å². The minimum absolute atomic E-state index is 0.240. The molecule has 8 heteroatoms. The number of nitrogens with one attached hydrogen (secondary N) is 1. The number of sulfonamides is 1. The highest BCUT2D eigenvalue weighted by Gasteiger charge is 2.29. The van der Waals surface area contributed by atoms with Gasteiger partial charge in [0, 0.05) is 5.69 Å². The molecule has 0 aliphatic carbocycles. The standard InChI is InChI=1S/C13H17NO6S/c1-13(2,12(16)17)9-4-6-10(7-5-9)14-21(18,19)8-11(15)20-3/h4-7,14H,8H2,1-3H3,(H,16,17). The third kappa shape index (κ3) is 4.45. The SMILES string of the molecule is COC(=O)CS(=O)(=O)Nc1ccc(C(C)(C)C(=O)O)cc1. The number of hydrogen-bond acceptors (Lipinski definition) is 5. The first-order valence-electron chi connectivity index (χ1n) is 6.00. The molecule has 0 aliphatic rings. The topological polar surface area (TPSA) is 110 Å². The summed E-state index contributed by atoms with van der Waals surface area (Å²) < 4.78 is 29.8. The summed E-state index contributed by atoms with van der Waals surface area (Å²) in [5.74, 6) is -2.64. The minimum atomic E-state index is -3.85. The smallest absolute Gasteiger partial charge is 0.322 e. The van der Waals surface area contributed by atoms with E-state index < -0.39 is 33.1 Å². The minimum Gasteiger partial charge on any atom is -0.481 e. The number of aliphatic carboxylic acids is 1. The lowest BCUT2D eigenvalue weighted by Gasteiger charge is -2.20. The van der Waals surface area contributed by atoms with Gasteiger partial charge in [0.1, 0.15) is 0 Å². The van der Waals surface area contributed by atoms with Crippen molar-refractivity contribution in [3.05, 3.63) is 29.8 Å². The van der Waals surface area contributed by atoms with Crippen molar-refractivity contribution in [3.63, 3.8) is 0 Å². The number of hydrogen-bond donors (Lipinski definition) is 2. The van der Waals surface area contributed by atoms with E-state index in [0.29, 0.717) is 5.56 Å². The van der Waals surface area contributed by atoms with Crippen LogP contribution in [-0.2, 0) is 29.8 Å². The molecule has 1 aromatic rings. The van der Waals surface area contributed by atoms with Gasteiger partial charge in [-0.1, -0.05) is 12.1 Å². The Bertz CT molecular complexity index is 633. The van der Waals surface area contributed by atoms with Crippen LogP contribution in [0.3, 0.4) is 0 Å². The maximum Gasteiger partial charge on any atom is 0.322 e. The number of ether oxygens (including phenoxy) is 1. The summed E-state index contributed by atoms with van der Waals surface area (Å²) in [6, 6.07) is 5.91. The lowest BCUT2D eigenvalue weighted by Crippen LogP contribution is -2.28. The van der Waals surface area contributed by atoms with Gasteiger partial charge in [-0.05, 0) is 31.5 Å². The number of methoxy groups -OCH3 is 1. The molecular weight excluding hydrogens is 298 g/mol. The number of carbonyl (C=O) groups excluding carboxylic acids is 1. The molecule has 116 valence electrons. The molecule has 2 N–H and O–H groups in total. The van der Waals surface area contributed by atoms with Crippen molar-refractivity contribution in [2.75, 3.05) is 17.6 Å². The summed E-state index contributed by atoms with van der Waals surface area (Å²) in [6.07, 6.45) is 0. The molecule has 21 heavy (non-hydrogen) atoms. The Morgan fingerprint density at radius 3 is 2.19 bits per heavy atom. The molecule has 1 aromatic carbocycles. The van der Waals surface area contributed by atoms with E-state index in [2.05, 4.69) is 9.46 Å². The Kier molecular flexibility index (Phi) is 4.95. The van der Waals surface area contributed by atoms with Crippen molar-refractivity contribution in [2.45, 2.75) is 19.3 Å². The molecule has 0 saturated heterocycles. The van der Waals surface area contributed by atoms with Gasteiger partial charge in [0.25, 0.3) is 0 Å². The molecule has 0 heterocycles. The Morgan fingerprint density at radius 2 is 1.76 bits per heavy atom. The zero-order chi connectivity index (χ0) is 16.3. The van der Waals surface area contributed by atoms with Gasteiger partial charge in [-0.2, -0.15) is 0 Å². The van der Waals surface area contributed by atoms with Crippen LogP contribution in [0, 0.1) is 0 Å². The summed E-state index contributed by atoms with van der Waals surface area (Å²) in [7, 11) is -2.75. The van der Waals surface area contributed by atoms with E-state index in [1.165, 1.54) is 24.3 Å². The second-order valence-corrected chi connectivity index (χ2v) is 6.67. The fourth-order valence-corrected chi connectivity index (χ4v) is 2.50. The quantitative estimate of drug-likeness (QED) is 0.757. The number of carboxylic acid groups (broad SMARTS) is 1. The number of esters is 1. The van der Waals surface area contributed by atoms with Crippen molar-refractivity contribution in [2.24, 2.45) is 0 Å². The van der Waals surface area contributed by atoms with Gasteiger partial charge in [-0.3, -0.25) is 14.3 Å². The van der Waals surface area contributed by atoms with Crippen molar-refractivity contribution >= 4 is 27.6 Å². The van der Waals surface area contributed by atoms with Crippen LogP contribution in [0.5, 0.6) is 0 Å². The normalized spacial score (nSPS) is 11.8. The predicted molar refractivity (Wildman–Crippen MR) is 76.5 cm³/mol. The number of rotatable bonds is 6. The maximum atomic E-state index is 11.7. The second-order valence-electron chi connectivity index (χ2n) is 4.94. The zero-order valence-corrected chi connectivity index (χ0v) is 12.7. The molecule has 0 spiro atoms. The summed E-state index contributed by atoms with van der Waals surface area (Å²) >= 11 is 0. The first-order valence-corrected chi connectivity index (χ1v) is 7.65. The van der Waals surface area contributed by atoms with Crippen molar-refractivity contribution in [1.29, 1.82) is 0 Å². The summed E-state index contributed by atoms with van der Waals surface area (Å²) in [5, 5.41) is 9.11. The van der Waals surface area contributed by atoms with Gasteiger partial charge in [0.2, 0.25) is 10.0 Å². The van der Waals surface area contributed by atoms with E-state index in [1.54, 1.807) is 13.8 Å². The molecule has 0 atom stereocenters. The molecule has 0 bridgehead atoms. The van der Waals surface area contributed by atoms with Gasteiger partial charge < -0.3 is 9.84 Å². The number of anilines is 1. The lowest BCUT2D eigenvalue weighted by molar-refractivity contribution is -0.142. The Hall–Kier alpha value is -2.09.